The highest BCUT2D eigenvalue weighted by molar-refractivity contribution is 5.85. The van der Waals surface area contributed by atoms with Gasteiger partial charge in [-0.1, -0.05) is 0 Å². The van der Waals surface area contributed by atoms with Crippen molar-refractivity contribution in [2.45, 2.75) is 25.7 Å². The van der Waals surface area contributed by atoms with Gasteiger partial charge in [0.1, 0.15) is 0 Å². The van der Waals surface area contributed by atoms with E-state index in [0.29, 0.717) is 0 Å². The van der Waals surface area contributed by atoms with Gasteiger partial charge in [0, 0.05) is 6.54 Å². The lowest BCUT2D eigenvalue weighted by atomic mass is 9.97. The van der Waals surface area contributed by atoms with E-state index in [0.717, 1.165) is 38.4 Å². The molecule has 1 aliphatic carbocycles. The molecule has 0 atom stereocenters. The summed E-state index contributed by atoms with van der Waals surface area (Å²) in [7, 11) is 0. The lowest BCUT2D eigenvalue weighted by molar-refractivity contribution is 0.131. The van der Waals surface area contributed by atoms with Crippen LogP contribution in [0.1, 0.15) is 25.7 Å². The number of hydrogen-bond donors (Lipinski definition) is 0. The Morgan fingerprint density at radius 2 is 1.25 bits per heavy atom. The zero-order valence-corrected chi connectivity index (χ0v) is 13.8. The van der Waals surface area contributed by atoms with Gasteiger partial charge in [-0.2, -0.15) is 8.78 Å². The van der Waals surface area contributed by atoms with E-state index in [2.05, 4.69) is 4.90 Å². The van der Waals surface area contributed by atoms with Crippen LogP contribution in [0.2, 0.25) is 0 Å². The van der Waals surface area contributed by atoms with Gasteiger partial charge in [0.25, 0.3) is 0 Å². The zero-order valence-electron chi connectivity index (χ0n) is 13.0. The van der Waals surface area contributed by atoms with Crippen molar-refractivity contribution in [3.05, 3.63) is 29.1 Å². The largest absolute Gasteiger partial charge is 0.487 e. The summed E-state index contributed by atoms with van der Waals surface area (Å²) in [6.45, 7) is 2.80. The molecule has 0 spiro atoms. The van der Waals surface area contributed by atoms with E-state index in [1.54, 1.807) is 0 Å². The van der Waals surface area contributed by atoms with Gasteiger partial charge < -0.3 is 9.64 Å². The summed E-state index contributed by atoms with van der Waals surface area (Å²) < 4.78 is 71.1. The average Bonchev–Trinajstić information content (AvgIpc) is 3.36. The molecule has 0 N–H and O–H groups in total. The first kappa shape index (κ1) is 19.2. The summed E-state index contributed by atoms with van der Waals surface area (Å²) >= 11 is 0. The summed E-state index contributed by atoms with van der Waals surface area (Å²) in [5.41, 5.74) is 0. The number of hydrogen-bond acceptors (Lipinski definition) is 2. The molecule has 1 saturated carbocycles. The predicted octanol–water partition coefficient (Wildman–Crippen LogP) is 4.30. The molecule has 136 valence electrons. The summed E-state index contributed by atoms with van der Waals surface area (Å²) in [6.07, 6.45) is 4.15. The second kappa shape index (κ2) is 7.87. The lowest BCUT2D eigenvalue weighted by Gasteiger charge is -2.31. The molecule has 1 heterocycles. The first-order chi connectivity index (χ1) is 11.0. The number of ether oxygens (including phenoxy) is 1. The Balaban J connectivity index is 0.00000208. The van der Waals surface area contributed by atoms with Crippen LogP contribution in [0.25, 0.3) is 0 Å². The Hall–Kier alpha value is -1.08. The Kier molecular flexibility index (Phi) is 6.31. The highest BCUT2D eigenvalue weighted by atomic mass is 35.5. The van der Waals surface area contributed by atoms with Crippen LogP contribution in [0, 0.1) is 40.9 Å². The Labute approximate surface area is 143 Å². The fourth-order valence-electron chi connectivity index (χ4n) is 2.91. The van der Waals surface area contributed by atoms with Crippen LogP contribution in [-0.4, -0.2) is 31.1 Å². The van der Waals surface area contributed by atoms with Gasteiger partial charge in [-0.15, -0.1) is 12.4 Å². The van der Waals surface area contributed by atoms with Crippen molar-refractivity contribution in [1.29, 1.82) is 0 Å². The fourth-order valence-corrected chi connectivity index (χ4v) is 2.91. The maximum Gasteiger partial charge on any atom is 0.206 e. The van der Waals surface area contributed by atoms with Crippen molar-refractivity contribution in [1.82, 2.24) is 4.90 Å². The molecule has 0 aromatic heterocycles. The molecule has 1 aromatic rings. The maximum absolute atomic E-state index is 13.5. The molecule has 3 rings (SSSR count). The van der Waals surface area contributed by atoms with Crippen molar-refractivity contribution in [3.8, 4) is 5.75 Å². The molecule has 1 saturated heterocycles. The van der Waals surface area contributed by atoms with Crippen LogP contribution < -0.4 is 4.74 Å². The van der Waals surface area contributed by atoms with Gasteiger partial charge in [-0.25, -0.2) is 13.2 Å². The van der Waals surface area contributed by atoms with Crippen molar-refractivity contribution in [3.63, 3.8) is 0 Å². The third-order valence-electron chi connectivity index (χ3n) is 4.55. The fraction of sp³-hybridized carbons (Fsp3) is 0.625. The smallest absolute Gasteiger partial charge is 0.206 e. The zero-order chi connectivity index (χ0) is 16.6. The third-order valence-corrected chi connectivity index (χ3v) is 4.55. The van der Waals surface area contributed by atoms with Crippen LogP contribution in [0.5, 0.6) is 5.75 Å². The topological polar surface area (TPSA) is 12.5 Å². The second-order valence-corrected chi connectivity index (χ2v) is 6.40. The van der Waals surface area contributed by atoms with Crippen LogP contribution >= 0.6 is 12.4 Å². The minimum absolute atomic E-state index is 0. The third kappa shape index (κ3) is 4.11. The number of benzene rings is 1. The van der Waals surface area contributed by atoms with Crippen molar-refractivity contribution in [2.75, 3.05) is 26.2 Å². The van der Waals surface area contributed by atoms with E-state index >= 15 is 0 Å². The molecular weight excluding hydrogens is 353 g/mol. The molecule has 0 radical (unpaired) electrons. The minimum Gasteiger partial charge on any atom is -0.487 e. The first-order valence-corrected chi connectivity index (χ1v) is 7.84. The average molecular weight is 372 g/mol. The number of piperidine rings is 1. The summed E-state index contributed by atoms with van der Waals surface area (Å²) in [5, 5.41) is 0. The van der Waals surface area contributed by atoms with Gasteiger partial charge in [-0.05, 0) is 50.6 Å². The summed E-state index contributed by atoms with van der Waals surface area (Å²) in [5.74, 6) is -10.3. The van der Waals surface area contributed by atoms with Gasteiger partial charge in [0.05, 0.1) is 6.61 Å². The van der Waals surface area contributed by atoms with Crippen molar-refractivity contribution < 1.29 is 26.7 Å². The number of halogens is 6. The van der Waals surface area contributed by atoms with E-state index in [1.807, 2.05) is 0 Å². The quantitative estimate of drug-likeness (QED) is 0.434. The standard InChI is InChI=1S/C16H18F5NO.ClH/c17-11-12(18)14(20)16(15(21)13(11)19)23-8-10-3-5-22(6-4-10)7-9-1-2-9;/h9-10H,1-8H2;1H. The van der Waals surface area contributed by atoms with Crippen LogP contribution in [-0.2, 0) is 0 Å². The molecule has 1 aliphatic heterocycles. The molecule has 2 aliphatic rings. The van der Waals surface area contributed by atoms with Gasteiger partial charge in [-0.3, -0.25) is 0 Å². The maximum atomic E-state index is 13.5. The number of rotatable bonds is 5. The molecule has 8 heteroatoms. The van der Waals surface area contributed by atoms with Crippen molar-refractivity contribution in [2.24, 2.45) is 11.8 Å². The SMILES string of the molecule is Cl.Fc1c(F)c(F)c(OCC2CCN(CC3CC3)CC2)c(F)c1F. The Morgan fingerprint density at radius 1 is 0.750 bits per heavy atom. The van der Waals surface area contributed by atoms with Gasteiger partial charge >= 0.3 is 0 Å². The summed E-state index contributed by atoms with van der Waals surface area (Å²) in [4.78, 5) is 2.35. The molecular formula is C16H19ClF5NO. The Morgan fingerprint density at radius 3 is 1.75 bits per heavy atom. The lowest BCUT2D eigenvalue weighted by Crippen LogP contribution is -2.36. The van der Waals surface area contributed by atoms with E-state index in [-0.39, 0.29) is 24.9 Å². The predicted molar refractivity (Wildman–Crippen MR) is 80.9 cm³/mol. The molecule has 2 fully saturated rings. The van der Waals surface area contributed by atoms with E-state index in [1.165, 1.54) is 12.8 Å². The molecule has 0 bridgehead atoms. The molecule has 1 aromatic carbocycles. The number of likely N-dealkylation sites (tertiary alicyclic amines) is 1. The molecule has 2 nitrogen and oxygen atoms in total. The van der Waals surface area contributed by atoms with Crippen molar-refractivity contribution >= 4 is 12.4 Å². The second-order valence-electron chi connectivity index (χ2n) is 6.40. The molecule has 24 heavy (non-hydrogen) atoms. The van der Waals surface area contributed by atoms with Crippen LogP contribution in [0.3, 0.4) is 0 Å². The van der Waals surface area contributed by atoms with Crippen LogP contribution in [0.15, 0.2) is 0 Å². The van der Waals surface area contributed by atoms with E-state index < -0.39 is 34.8 Å². The molecule has 0 amide bonds. The van der Waals surface area contributed by atoms with Crippen LogP contribution in [0.4, 0.5) is 22.0 Å². The van der Waals surface area contributed by atoms with E-state index in [4.69, 9.17) is 4.74 Å². The normalized spacial score (nSPS) is 19.2. The first-order valence-electron chi connectivity index (χ1n) is 7.84. The highest BCUT2D eigenvalue weighted by Gasteiger charge is 2.29. The molecule has 0 unspecified atom stereocenters. The van der Waals surface area contributed by atoms with Gasteiger partial charge in [0.15, 0.2) is 5.75 Å². The highest BCUT2D eigenvalue weighted by Crippen LogP contribution is 2.32. The Bertz CT molecular complexity index is 559. The van der Waals surface area contributed by atoms with E-state index in [9.17, 15) is 22.0 Å². The monoisotopic (exact) mass is 371 g/mol. The summed E-state index contributed by atoms with van der Waals surface area (Å²) in [6, 6.07) is 0. The minimum atomic E-state index is -2.17. The van der Waals surface area contributed by atoms with Gasteiger partial charge in [0.2, 0.25) is 29.1 Å². The number of nitrogens with zero attached hydrogens (tertiary/aromatic N) is 1.